The summed E-state index contributed by atoms with van der Waals surface area (Å²) in [5.41, 5.74) is 0. The standard InChI is InChI=1S/C7H6O4S/c8-6(9)3-4-1-2-5(12-4)7(10)11/h1-2H,3H2,(H,8,9)(H,10,11). The molecule has 0 aliphatic carbocycles. The first-order valence-electron chi connectivity index (χ1n) is 3.13. The van der Waals surface area contributed by atoms with Crippen LogP contribution in [0, 0.1) is 0 Å². The fourth-order valence-corrected chi connectivity index (χ4v) is 1.57. The molecule has 1 rings (SSSR count). The van der Waals surface area contributed by atoms with Gasteiger partial charge in [-0.15, -0.1) is 11.3 Å². The number of rotatable bonds is 3. The van der Waals surface area contributed by atoms with Crippen LogP contribution in [0.15, 0.2) is 12.1 Å². The van der Waals surface area contributed by atoms with Crippen LogP contribution in [0.3, 0.4) is 0 Å². The number of carbonyl (C=O) groups is 2. The highest BCUT2D eigenvalue weighted by Crippen LogP contribution is 2.16. The molecule has 0 unspecified atom stereocenters. The molecule has 0 aliphatic rings. The largest absolute Gasteiger partial charge is 0.481 e. The molecule has 1 aromatic heterocycles. The van der Waals surface area contributed by atoms with Gasteiger partial charge in [0.25, 0.3) is 0 Å². The Bertz CT molecular complexity index is 315. The summed E-state index contributed by atoms with van der Waals surface area (Å²) in [5, 5.41) is 16.9. The van der Waals surface area contributed by atoms with E-state index >= 15 is 0 Å². The predicted octanol–water partition coefficient (Wildman–Crippen LogP) is 1.07. The van der Waals surface area contributed by atoms with E-state index in [0.29, 0.717) is 4.88 Å². The zero-order valence-corrected chi connectivity index (χ0v) is 6.80. The van der Waals surface area contributed by atoms with Crippen molar-refractivity contribution in [2.45, 2.75) is 6.42 Å². The van der Waals surface area contributed by atoms with Crippen molar-refractivity contribution in [1.29, 1.82) is 0 Å². The first-order valence-corrected chi connectivity index (χ1v) is 3.95. The molecule has 0 atom stereocenters. The van der Waals surface area contributed by atoms with Crippen LogP contribution in [0.5, 0.6) is 0 Å². The van der Waals surface area contributed by atoms with Gasteiger partial charge in [0, 0.05) is 4.88 Å². The molecule has 0 amide bonds. The van der Waals surface area contributed by atoms with Crippen molar-refractivity contribution < 1.29 is 19.8 Å². The van der Waals surface area contributed by atoms with Crippen molar-refractivity contribution in [3.63, 3.8) is 0 Å². The van der Waals surface area contributed by atoms with Gasteiger partial charge in [-0.3, -0.25) is 4.79 Å². The summed E-state index contributed by atoms with van der Waals surface area (Å²) in [4.78, 5) is 21.3. The van der Waals surface area contributed by atoms with Crippen LogP contribution in [0.1, 0.15) is 14.5 Å². The van der Waals surface area contributed by atoms with Crippen LogP contribution in [0.4, 0.5) is 0 Å². The number of aliphatic carboxylic acids is 1. The van der Waals surface area contributed by atoms with Crippen molar-refractivity contribution in [3.8, 4) is 0 Å². The van der Waals surface area contributed by atoms with Crippen LogP contribution in [0.2, 0.25) is 0 Å². The third-order valence-electron chi connectivity index (χ3n) is 1.20. The van der Waals surface area contributed by atoms with Gasteiger partial charge in [-0.25, -0.2) is 4.79 Å². The fourth-order valence-electron chi connectivity index (χ4n) is 0.737. The number of hydrogen-bond donors (Lipinski definition) is 2. The molecular weight excluding hydrogens is 180 g/mol. The summed E-state index contributed by atoms with van der Waals surface area (Å²) in [7, 11) is 0. The number of carboxylic acid groups (broad SMARTS) is 2. The van der Waals surface area contributed by atoms with Gasteiger partial charge in [-0.2, -0.15) is 0 Å². The van der Waals surface area contributed by atoms with E-state index in [1.807, 2.05) is 0 Å². The molecule has 1 aromatic rings. The van der Waals surface area contributed by atoms with Gasteiger partial charge in [-0.05, 0) is 12.1 Å². The van der Waals surface area contributed by atoms with E-state index < -0.39 is 11.9 Å². The quantitative estimate of drug-likeness (QED) is 0.740. The maximum Gasteiger partial charge on any atom is 0.345 e. The summed E-state index contributed by atoms with van der Waals surface area (Å²) in [6, 6.07) is 2.92. The van der Waals surface area contributed by atoms with E-state index in [1.54, 1.807) is 0 Å². The number of aromatic carboxylic acids is 1. The van der Waals surface area contributed by atoms with E-state index in [4.69, 9.17) is 10.2 Å². The molecule has 2 N–H and O–H groups in total. The zero-order chi connectivity index (χ0) is 9.14. The van der Waals surface area contributed by atoms with Gasteiger partial charge < -0.3 is 10.2 Å². The highest BCUT2D eigenvalue weighted by molar-refractivity contribution is 7.14. The van der Waals surface area contributed by atoms with Crippen LogP contribution < -0.4 is 0 Å². The van der Waals surface area contributed by atoms with Crippen molar-refractivity contribution in [2.24, 2.45) is 0 Å². The number of thiophene rings is 1. The third-order valence-corrected chi connectivity index (χ3v) is 2.27. The lowest BCUT2D eigenvalue weighted by molar-refractivity contribution is -0.136. The Kier molecular flexibility index (Phi) is 2.44. The lowest BCUT2D eigenvalue weighted by Gasteiger charge is -1.87. The first kappa shape index (κ1) is 8.73. The van der Waals surface area contributed by atoms with Crippen molar-refractivity contribution in [2.75, 3.05) is 0 Å². The average Bonchev–Trinajstić information content (AvgIpc) is 2.34. The Morgan fingerprint density at radius 2 is 2.00 bits per heavy atom. The molecule has 64 valence electrons. The Hall–Kier alpha value is -1.36. The zero-order valence-electron chi connectivity index (χ0n) is 5.98. The summed E-state index contributed by atoms with van der Waals surface area (Å²) in [6.07, 6.45) is -0.113. The smallest absolute Gasteiger partial charge is 0.345 e. The molecule has 12 heavy (non-hydrogen) atoms. The van der Waals surface area contributed by atoms with E-state index in [-0.39, 0.29) is 11.3 Å². The minimum atomic E-state index is -1.02. The maximum atomic E-state index is 10.4. The molecule has 0 aliphatic heterocycles. The molecule has 0 saturated heterocycles. The number of hydrogen-bond acceptors (Lipinski definition) is 3. The molecular formula is C7H6O4S. The minimum Gasteiger partial charge on any atom is -0.481 e. The summed E-state index contributed by atoms with van der Waals surface area (Å²) < 4.78 is 0. The molecule has 4 nitrogen and oxygen atoms in total. The Morgan fingerprint density at radius 3 is 2.42 bits per heavy atom. The van der Waals surface area contributed by atoms with Crippen LogP contribution in [0.25, 0.3) is 0 Å². The fraction of sp³-hybridized carbons (Fsp3) is 0.143. The summed E-state index contributed by atoms with van der Waals surface area (Å²) >= 11 is 0.989. The Labute approximate surface area is 72.1 Å². The third kappa shape index (κ3) is 2.06. The lowest BCUT2D eigenvalue weighted by atomic mass is 10.3. The normalized spacial score (nSPS) is 9.67. The summed E-state index contributed by atoms with van der Waals surface area (Å²) in [5.74, 6) is -1.97. The lowest BCUT2D eigenvalue weighted by Crippen LogP contribution is -1.97. The van der Waals surface area contributed by atoms with Gasteiger partial charge in [0.05, 0.1) is 6.42 Å². The van der Waals surface area contributed by atoms with E-state index in [2.05, 4.69) is 0 Å². The van der Waals surface area contributed by atoms with E-state index in [9.17, 15) is 9.59 Å². The molecule has 0 aromatic carbocycles. The molecule has 0 saturated carbocycles. The molecule has 0 radical (unpaired) electrons. The van der Waals surface area contributed by atoms with Crippen LogP contribution in [-0.4, -0.2) is 22.2 Å². The molecule has 1 heterocycles. The van der Waals surface area contributed by atoms with Gasteiger partial charge in [0.15, 0.2) is 0 Å². The van der Waals surface area contributed by atoms with Gasteiger partial charge in [0.1, 0.15) is 4.88 Å². The minimum absolute atomic E-state index is 0.113. The van der Waals surface area contributed by atoms with E-state index in [1.165, 1.54) is 12.1 Å². The monoisotopic (exact) mass is 186 g/mol. The van der Waals surface area contributed by atoms with Crippen molar-refractivity contribution in [3.05, 3.63) is 21.9 Å². The average molecular weight is 186 g/mol. The van der Waals surface area contributed by atoms with Gasteiger partial charge in [0.2, 0.25) is 0 Å². The van der Waals surface area contributed by atoms with Crippen LogP contribution in [-0.2, 0) is 11.2 Å². The second kappa shape index (κ2) is 3.36. The molecule has 0 fully saturated rings. The molecule has 5 heteroatoms. The highest BCUT2D eigenvalue weighted by Gasteiger charge is 2.08. The number of carboxylic acids is 2. The topological polar surface area (TPSA) is 74.6 Å². The van der Waals surface area contributed by atoms with Crippen molar-refractivity contribution in [1.82, 2.24) is 0 Å². The Balaban J connectivity index is 2.77. The highest BCUT2D eigenvalue weighted by atomic mass is 32.1. The SMILES string of the molecule is O=C(O)Cc1ccc(C(=O)O)s1. The second-order valence-electron chi connectivity index (χ2n) is 2.14. The maximum absolute atomic E-state index is 10.4. The first-order chi connectivity index (χ1) is 5.59. The van der Waals surface area contributed by atoms with Crippen LogP contribution >= 0.6 is 11.3 Å². The van der Waals surface area contributed by atoms with Crippen molar-refractivity contribution >= 4 is 23.3 Å². The van der Waals surface area contributed by atoms with Gasteiger partial charge in [-0.1, -0.05) is 0 Å². The Morgan fingerprint density at radius 1 is 1.33 bits per heavy atom. The molecule has 0 bridgehead atoms. The molecule has 0 spiro atoms. The summed E-state index contributed by atoms with van der Waals surface area (Å²) in [6.45, 7) is 0. The predicted molar refractivity (Wildman–Crippen MR) is 42.6 cm³/mol. The van der Waals surface area contributed by atoms with E-state index in [0.717, 1.165) is 11.3 Å². The van der Waals surface area contributed by atoms with Gasteiger partial charge >= 0.3 is 11.9 Å². The second-order valence-corrected chi connectivity index (χ2v) is 3.31.